The standard InChI is InChI=1S/C14H15F2NO3/c15-10-3-2-9(6-11(10)16)8-17-12(18)7-14(13(19)20)4-1-5-14/h2-3,6H,1,4-5,7-8H2,(H,17,18)(H,19,20). The number of halogens is 2. The molecule has 0 unspecified atom stereocenters. The summed E-state index contributed by atoms with van der Waals surface area (Å²) in [6.07, 6.45) is 1.73. The number of hydrogen-bond acceptors (Lipinski definition) is 2. The van der Waals surface area contributed by atoms with Crippen molar-refractivity contribution in [1.29, 1.82) is 0 Å². The van der Waals surface area contributed by atoms with E-state index < -0.39 is 28.9 Å². The van der Waals surface area contributed by atoms with Crippen LogP contribution in [-0.2, 0) is 16.1 Å². The second kappa shape index (κ2) is 5.56. The molecule has 0 spiro atoms. The quantitative estimate of drug-likeness (QED) is 0.870. The third-order valence-corrected chi connectivity index (χ3v) is 3.74. The Morgan fingerprint density at radius 1 is 1.25 bits per heavy atom. The second-order valence-electron chi connectivity index (χ2n) is 5.14. The van der Waals surface area contributed by atoms with Crippen LogP contribution in [0.5, 0.6) is 0 Å². The van der Waals surface area contributed by atoms with Crippen molar-refractivity contribution in [3.63, 3.8) is 0 Å². The highest BCUT2D eigenvalue weighted by Crippen LogP contribution is 2.44. The van der Waals surface area contributed by atoms with Gasteiger partial charge in [0, 0.05) is 13.0 Å². The van der Waals surface area contributed by atoms with E-state index in [9.17, 15) is 18.4 Å². The minimum atomic E-state index is -0.974. The lowest BCUT2D eigenvalue weighted by Crippen LogP contribution is -2.42. The summed E-state index contributed by atoms with van der Waals surface area (Å²) in [5, 5.41) is 11.6. The largest absolute Gasteiger partial charge is 0.481 e. The van der Waals surface area contributed by atoms with Crippen LogP contribution in [0.4, 0.5) is 8.78 Å². The lowest BCUT2D eigenvalue weighted by Gasteiger charge is -2.36. The van der Waals surface area contributed by atoms with Gasteiger partial charge in [-0.15, -0.1) is 0 Å². The fraction of sp³-hybridized carbons (Fsp3) is 0.429. The molecule has 0 aromatic heterocycles. The van der Waals surface area contributed by atoms with E-state index in [0.717, 1.165) is 18.6 Å². The normalized spacial score (nSPS) is 16.3. The minimum absolute atomic E-state index is 0.0474. The lowest BCUT2D eigenvalue weighted by molar-refractivity contribution is -0.157. The van der Waals surface area contributed by atoms with Gasteiger partial charge in [0.2, 0.25) is 5.91 Å². The van der Waals surface area contributed by atoms with Crippen molar-refractivity contribution in [1.82, 2.24) is 5.32 Å². The Bertz CT molecular complexity index is 541. The van der Waals surface area contributed by atoms with E-state index in [4.69, 9.17) is 5.11 Å². The highest BCUT2D eigenvalue weighted by molar-refractivity contribution is 5.85. The number of rotatable bonds is 5. The van der Waals surface area contributed by atoms with Gasteiger partial charge in [-0.3, -0.25) is 9.59 Å². The zero-order valence-corrected chi connectivity index (χ0v) is 10.8. The molecule has 108 valence electrons. The maximum atomic E-state index is 13.0. The molecule has 0 atom stereocenters. The van der Waals surface area contributed by atoms with Gasteiger partial charge >= 0.3 is 5.97 Å². The van der Waals surface area contributed by atoms with Crippen molar-refractivity contribution in [3.05, 3.63) is 35.4 Å². The van der Waals surface area contributed by atoms with Gasteiger partial charge in [-0.1, -0.05) is 12.5 Å². The topological polar surface area (TPSA) is 66.4 Å². The first-order valence-electron chi connectivity index (χ1n) is 6.37. The van der Waals surface area contributed by atoms with E-state index >= 15 is 0 Å². The summed E-state index contributed by atoms with van der Waals surface area (Å²) in [6, 6.07) is 3.36. The molecule has 1 aromatic carbocycles. The van der Waals surface area contributed by atoms with Gasteiger partial charge in [0.1, 0.15) is 0 Å². The average Bonchev–Trinajstić information content (AvgIpc) is 2.35. The molecule has 0 heterocycles. The summed E-state index contributed by atoms with van der Waals surface area (Å²) in [4.78, 5) is 22.9. The Labute approximate surface area is 114 Å². The van der Waals surface area contributed by atoms with Crippen LogP contribution in [0.25, 0.3) is 0 Å². The van der Waals surface area contributed by atoms with Crippen molar-refractivity contribution in [3.8, 4) is 0 Å². The molecule has 1 aliphatic rings. The van der Waals surface area contributed by atoms with Crippen LogP contribution in [0.2, 0.25) is 0 Å². The Hall–Kier alpha value is -1.98. The molecular formula is C14H15F2NO3. The molecular weight excluding hydrogens is 268 g/mol. The highest BCUT2D eigenvalue weighted by atomic mass is 19.2. The number of carboxylic acid groups (broad SMARTS) is 1. The van der Waals surface area contributed by atoms with Crippen molar-refractivity contribution in [2.45, 2.75) is 32.2 Å². The van der Waals surface area contributed by atoms with Gasteiger partial charge in [0.25, 0.3) is 0 Å². The number of carbonyl (C=O) groups excluding carboxylic acids is 1. The molecule has 0 bridgehead atoms. The summed E-state index contributed by atoms with van der Waals surface area (Å²) < 4.78 is 25.7. The maximum absolute atomic E-state index is 13.0. The van der Waals surface area contributed by atoms with Gasteiger partial charge in [-0.25, -0.2) is 8.78 Å². The van der Waals surface area contributed by atoms with Crippen molar-refractivity contribution in [2.24, 2.45) is 5.41 Å². The Morgan fingerprint density at radius 3 is 2.45 bits per heavy atom. The molecule has 1 fully saturated rings. The molecule has 0 radical (unpaired) electrons. The molecule has 0 saturated heterocycles. The fourth-order valence-corrected chi connectivity index (χ4v) is 2.29. The highest BCUT2D eigenvalue weighted by Gasteiger charge is 2.45. The fourth-order valence-electron chi connectivity index (χ4n) is 2.29. The summed E-state index contributed by atoms with van der Waals surface area (Å²) in [5.41, 5.74) is -0.520. The second-order valence-corrected chi connectivity index (χ2v) is 5.14. The van der Waals surface area contributed by atoms with Crippen LogP contribution in [-0.4, -0.2) is 17.0 Å². The first-order chi connectivity index (χ1) is 9.43. The molecule has 20 heavy (non-hydrogen) atoms. The summed E-state index contributed by atoms with van der Waals surface area (Å²) in [7, 11) is 0. The maximum Gasteiger partial charge on any atom is 0.310 e. The predicted molar refractivity (Wildman–Crippen MR) is 66.7 cm³/mol. The minimum Gasteiger partial charge on any atom is -0.481 e. The Kier molecular flexibility index (Phi) is 4.01. The van der Waals surface area contributed by atoms with Gasteiger partial charge in [-0.2, -0.15) is 0 Å². The molecule has 1 aliphatic carbocycles. The van der Waals surface area contributed by atoms with E-state index in [2.05, 4.69) is 5.32 Å². The zero-order chi connectivity index (χ0) is 14.8. The molecule has 1 saturated carbocycles. The predicted octanol–water partition coefficient (Wildman–Crippen LogP) is 2.23. The first-order valence-corrected chi connectivity index (χ1v) is 6.37. The number of benzene rings is 1. The summed E-state index contributed by atoms with van der Waals surface area (Å²) in [5.74, 6) is -3.26. The van der Waals surface area contributed by atoms with E-state index in [1.807, 2.05) is 0 Å². The van der Waals surface area contributed by atoms with Crippen LogP contribution < -0.4 is 5.32 Å². The Morgan fingerprint density at radius 2 is 1.95 bits per heavy atom. The molecule has 0 aliphatic heterocycles. The third-order valence-electron chi connectivity index (χ3n) is 3.74. The number of aliphatic carboxylic acids is 1. The monoisotopic (exact) mass is 283 g/mol. The van der Waals surface area contributed by atoms with Crippen LogP contribution in [0, 0.1) is 17.0 Å². The van der Waals surface area contributed by atoms with Gasteiger partial charge in [0.15, 0.2) is 11.6 Å². The summed E-state index contributed by atoms with van der Waals surface area (Å²) >= 11 is 0. The first kappa shape index (κ1) is 14.4. The molecule has 1 amide bonds. The van der Waals surface area contributed by atoms with Crippen molar-refractivity contribution < 1.29 is 23.5 Å². The van der Waals surface area contributed by atoms with Crippen molar-refractivity contribution >= 4 is 11.9 Å². The van der Waals surface area contributed by atoms with Crippen LogP contribution >= 0.6 is 0 Å². The van der Waals surface area contributed by atoms with E-state index in [-0.39, 0.29) is 13.0 Å². The lowest BCUT2D eigenvalue weighted by atomic mass is 9.66. The molecule has 6 heteroatoms. The molecule has 1 aromatic rings. The SMILES string of the molecule is O=C(CC1(C(=O)O)CCC1)NCc1ccc(F)c(F)c1. The van der Waals surface area contributed by atoms with E-state index in [0.29, 0.717) is 18.4 Å². The number of amides is 1. The molecule has 4 nitrogen and oxygen atoms in total. The van der Waals surface area contributed by atoms with Gasteiger partial charge < -0.3 is 10.4 Å². The number of carboxylic acids is 1. The smallest absolute Gasteiger partial charge is 0.310 e. The zero-order valence-electron chi connectivity index (χ0n) is 10.8. The van der Waals surface area contributed by atoms with Crippen LogP contribution in [0.15, 0.2) is 18.2 Å². The number of nitrogens with one attached hydrogen (secondary N) is 1. The number of hydrogen-bond donors (Lipinski definition) is 2. The number of carbonyl (C=O) groups is 2. The van der Waals surface area contributed by atoms with E-state index in [1.165, 1.54) is 6.07 Å². The van der Waals surface area contributed by atoms with Crippen molar-refractivity contribution in [2.75, 3.05) is 0 Å². The van der Waals surface area contributed by atoms with E-state index in [1.54, 1.807) is 0 Å². The third kappa shape index (κ3) is 2.95. The summed E-state index contributed by atoms with van der Waals surface area (Å²) in [6.45, 7) is 0.0474. The average molecular weight is 283 g/mol. The molecule has 2 N–H and O–H groups in total. The Balaban J connectivity index is 1.89. The van der Waals surface area contributed by atoms with Gasteiger partial charge in [0.05, 0.1) is 5.41 Å². The van der Waals surface area contributed by atoms with Crippen LogP contribution in [0.1, 0.15) is 31.2 Å². The molecule has 2 rings (SSSR count). The van der Waals surface area contributed by atoms with Gasteiger partial charge in [-0.05, 0) is 30.5 Å². The van der Waals surface area contributed by atoms with Crippen LogP contribution in [0.3, 0.4) is 0 Å².